The molecule has 4 aromatic carbocycles. The quantitative estimate of drug-likeness (QED) is 0.250. The minimum atomic E-state index is -0.513. The molecular formula is C35H31NO. The predicted octanol–water partition coefficient (Wildman–Crippen LogP) is 9.29. The van der Waals surface area contributed by atoms with Gasteiger partial charge in [0.1, 0.15) is 16.9 Å². The number of fused-ring (bicyclic) bond motifs is 9. The van der Waals surface area contributed by atoms with E-state index in [0.29, 0.717) is 0 Å². The fraction of sp³-hybridized carbons (Fsp3) is 0.200. The van der Waals surface area contributed by atoms with Crippen LogP contribution in [0.3, 0.4) is 0 Å². The van der Waals surface area contributed by atoms with Crippen LogP contribution in [0, 0.1) is 0 Å². The van der Waals surface area contributed by atoms with Crippen LogP contribution in [0.4, 0.5) is 11.4 Å². The molecule has 0 saturated carbocycles. The maximum absolute atomic E-state index is 7.20. The summed E-state index contributed by atoms with van der Waals surface area (Å²) in [5.74, 6) is 2.33. The van der Waals surface area contributed by atoms with Crippen molar-refractivity contribution >= 4 is 11.4 Å². The Balaban J connectivity index is 1.71. The third-order valence-electron chi connectivity index (χ3n) is 8.11. The van der Waals surface area contributed by atoms with Crippen LogP contribution >= 0.6 is 0 Å². The second kappa shape index (κ2) is 7.98. The molecule has 0 atom stereocenters. The Morgan fingerprint density at radius 1 is 0.622 bits per heavy atom. The molecule has 1 aliphatic carbocycles. The standard InChI is InChI=1S/C35H31NO/c1-22(2)33-31(24-14-6-5-7-15-24)32-34(37-33)35(29-20-12-13-21-30(29)36(32)23(3)4)27-18-10-8-16-25(27)26-17-9-11-19-28(26)35/h5-23H,1-4H3. The number of hydrogen-bond acceptors (Lipinski definition) is 2. The molecule has 37 heavy (non-hydrogen) atoms. The normalized spacial score (nSPS) is 14.6. The summed E-state index contributed by atoms with van der Waals surface area (Å²) in [4.78, 5) is 2.51. The zero-order valence-electron chi connectivity index (χ0n) is 21.8. The number of anilines is 2. The van der Waals surface area contributed by atoms with Gasteiger partial charge in [0.2, 0.25) is 0 Å². The Morgan fingerprint density at radius 3 is 1.76 bits per heavy atom. The monoisotopic (exact) mass is 481 g/mol. The Hall–Kier alpha value is -4.04. The maximum atomic E-state index is 7.20. The summed E-state index contributed by atoms with van der Waals surface area (Å²) >= 11 is 0. The van der Waals surface area contributed by atoms with E-state index in [1.165, 1.54) is 50.3 Å². The molecule has 2 heteroatoms. The van der Waals surface area contributed by atoms with E-state index in [1.54, 1.807) is 0 Å². The van der Waals surface area contributed by atoms with Crippen LogP contribution < -0.4 is 4.90 Å². The first-order valence-electron chi connectivity index (χ1n) is 13.4. The van der Waals surface area contributed by atoms with E-state index < -0.39 is 5.41 Å². The van der Waals surface area contributed by atoms with Crippen molar-refractivity contribution in [2.75, 3.05) is 4.90 Å². The van der Waals surface area contributed by atoms with Crippen molar-refractivity contribution in [2.45, 2.75) is 45.1 Å². The van der Waals surface area contributed by atoms with Crippen molar-refractivity contribution < 1.29 is 4.42 Å². The Kier molecular flexibility index (Phi) is 4.78. The minimum Gasteiger partial charge on any atom is -0.461 e. The molecule has 5 aromatic rings. The minimum absolute atomic E-state index is 0.238. The van der Waals surface area contributed by atoms with E-state index in [-0.39, 0.29) is 12.0 Å². The third-order valence-corrected chi connectivity index (χ3v) is 8.11. The SMILES string of the molecule is CC(C)c1oc2c(c1-c1ccccc1)N(C(C)C)c1ccccc1C21c2ccccc2-c2ccccc21. The molecule has 182 valence electrons. The van der Waals surface area contributed by atoms with E-state index in [9.17, 15) is 0 Å². The topological polar surface area (TPSA) is 16.4 Å². The number of benzene rings is 4. The number of para-hydroxylation sites is 1. The summed E-state index contributed by atoms with van der Waals surface area (Å²) in [5.41, 5.74) is 10.8. The summed E-state index contributed by atoms with van der Waals surface area (Å²) < 4.78 is 7.20. The highest BCUT2D eigenvalue weighted by atomic mass is 16.3. The van der Waals surface area contributed by atoms with Gasteiger partial charge < -0.3 is 9.32 Å². The highest BCUT2D eigenvalue weighted by Crippen LogP contribution is 2.65. The molecule has 7 rings (SSSR count). The fourth-order valence-electron chi connectivity index (χ4n) is 6.76. The molecule has 1 aliphatic heterocycles. The third kappa shape index (κ3) is 2.81. The van der Waals surface area contributed by atoms with Crippen LogP contribution in [0.2, 0.25) is 0 Å². The summed E-state index contributed by atoms with van der Waals surface area (Å²) in [7, 11) is 0. The number of rotatable bonds is 3. The smallest absolute Gasteiger partial charge is 0.148 e. The van der Waals surface area contributed by atoms with E-state index in [1.807, 2.05) is 0 Å². The molecule has 2 nitrogen and oxygen atoms in total. The zero-order chi connectivity index (χ0) is 25.3. The van der Waals surface area contributed by atoms with Crippen LogP contribution in [0.25, 0.3) is 22.3 Å². The van der Waals surface area contributed by atoms with Gasteiger partial charge in [-0.15, -0.1) is 0 Å². The summed E-state index contributed by atoms with van der Waals surface area (Å²) in [6.07, 6.45) is 0. The molecule has 0 saturated heterocycles. The second-order valence-electron chi connectivity index (χ2n) is 10.9. The molecule has 2 aliphatic rings. The number of hydrogen-bond donors (Lipinski definition) is 0. The average Bonchev–Trinajstić information content (AvgIpc) is 3.45. The van der Waals surface area contributed by atoms with Crippen molar-refractivity contribution in [3.63, 3.8) is 0 Å². The van der Waals surface area contributed by atoms with Crippen LogP contribution in [-0.2, 0) is 5.41 Å². The van der Waals surface area contributed by atoms with Crippen molar-refractivity contribution in [1.29, 1.82) is 0 Å². The van der Waals surface area contributed by atoms with Gasteiger partial charge in [-0.25, -0.2) is 0 Å². The molecular weight excluding hydrogens is 450 g/mol. The van der Waals surface area contributed by atoms with E-state index in [4.69, 9.17) is 4.42 Å². The molecule has 1 aromatic heterocycles. The van der Waals surface area contributed by atoms with Gasteiger partial charge in [-0.05, 0) is 53.3 Å². The first-order chi connectivity index (χ1) is 18.0. The fourth-order valence-corrected chi connectivity index (χ4v) is 6.76. The molecule has 0 fully saturated rings. The lowest BCUT2D eigenvalue weighted by Gasteiger charge is -2.44. The lowest BCUT2D eigenvalue weighted by Crippen LogP contribution is -2.39. The van der Waals surface area contributed by atoms with E-state index in [0.717, 1.165) is 11.5 Å². The van der Waals surface area contributed by atoms with Gasteiger partial charge in [0.15, 0.2) is 0 Å². The summed E-state index contributed by atoms with van der Waals surface area (Å²) in [6.45, 7) is 9.05. The molecule has 0 bridgehead atoms. The number of furan rings is 1. The lowest BCUT2D eigenvalue weighted by molar-refractivity contribution is 0.415. The van der Waals surface area contributed by atoms with E-state index in [2.05, 4.69) is 136 Å². The van der Waals surface area contributed by atoms with Crippen molar-refractivity contribution in [3.05, 3.63) is 131 Å². The van der Waals surface area contributed by atoms with Gasteiger partial charge in [0.05, 0.1) is 5.69 Å². The molecule has 0 amide bonds. The van der Waals surface area contributed by atoms with Crippen molar-refractivity contribution in [3.8, 4) is 22.3 Å². The van der Waals surface area contributed by atoms with Crippen LogP contribution in [-0.4, -0.2) is 6.04 Å². The highest BCUT2D eigenvalue weighted by molar-refractivity contribution is 5.97. The Labute approximate surface area is 219 Å². The van der Waals surface area contributed by atoms with Gasteiger partial charge in [-0.3, -0.25) is 0 Å². The molecule has 2 heterocycles. The van der Waals surface area contributed by atoms with Crippen LogP contribution in [0.5, 0.6) is 0 Å². The number of nitrogens with zero attached hydrogens (tertiary/aromatic N) is 1. The van der Waals surface area contributed by atoms with E-state index >= 15 is 0 Å². The first kappa shape index (κ1) is 22.2. The summed E-state index contributed by atoms with van der Waals surface area (Å²) in [6, 6.07) is 37.8. The van der Waals surface area contributed by atoms with Gasteiger partial charge >= 0.3 is 0 Å². The summed E-state index contributed by atoms with van der Waals surface area (Å²) in [5, 5.41) is 0. The molecule has 0 unspecified atom stereocenters. The second-order valence-corrected chi connectivity index (χ2v) is 10.9. The molecule has 0 N–H and O–H groups in total. The van der Waals surface area contributed by atoms with Gasteiger partial charge in [-0.2, -0.15) is 0 Å². The lowest BCUT2D eigenvalue weighted by atomic mass is 9.67. The van der Waals surface area contributed by atoms with Gasteiger partial charge in [-0.1, -0.05) is 111 Å². The van der Waals surface area contributed by atoms with Crippen molar-refractivity contribution in [2.24, 2.45) is 0 Å². The van der Waals surface area contributed by atoms with Crippen molar-refractivity contribution in [1.82, 2.24) is 0 Å². The zero-order valence-corrected chi connectivity index (χ0v) is 21.8. The first-order valence-corrected chi connectivity index (χ1v) is 13.4. The molecule has 1 spiro atoms. The largest absolute Gasteiger partial charge is 0.461 e. The van der Waals surface area contributed by atoms with Crippen LogP contribution in [0.15, 0.2) is 108 Å². The average molecular weight is 482 g/mol. The van der Waals surface area contributed by atoms with Crippen LogP contribution in [0.1, 0.15) is 61.8 Å². The molecule has 0 radical (unpaired) electrons. The predicted molar refractivity (Wildman–Crippen MR) is 153 cm³/mol. The van der Waals surface area contributed by atoms with Gasteiger partial charge in [0.25, 0.3) is 0 Å². The van der Waals surface area contributed by atoms with Gasteiger partial charge in [0, 0.05) is 23.2 Å². The Bertz CT molecular complexity index is 1590. The maximum Gasteiger partial charge on any atom is 0.148 e. The highest BCUT2D eigenvalue weighted by Gasteiger charge is 2.55. The Morgan fingerprint density at radius 2 is 1.16 bits per heavy atom.